The minimum absolute atomic E-state index is 0.257. The van der Waals surface area contributed by atoms with E-state index >= 15 is 0 Å². The molecule has 0 amide bonds. The van der Waals surface area contributed by atoms with Gasteiger partial charge < -0.3 is 9.30 Å². The van der Waals surface area contributed by atoms with Crippen LogP contribution in [0.2, 0.25) is 0 Å². The van der Waals surface area contributed by atoms with Crippen LogP contribution in [0.25, 0.3) is 11.0 Å². The summed E-state index contributed by atoms with van der Waals surface area (Å²) in [5.41, 5.74) is 1.35. The van der Waals surface area contributed by atoms with Crippen LogP contribution in [0.4, 0.5) is 0 Å². The lowest BCUT2D eigenvalue weighted by Gasteiger charge is -2.25. The molecule has 0 atom stereocenters. The zero-order valence-corrected chi connectivity index (χ0v) is 13.3. The molecule has 1 saturated heterocycles. The van der Waals surface area contributed by atoms with Gasteiger partial charge in [-0.1, -0.05) is 6.07 Å². The number of benzene rings is 1. The van der Waals surface area contributed by atoms with Crippen LogP contribution >= 0.6 is 11.6 Å². The molecule has 1 aromatic carbocycles. The Morgan fingerprint density at radius 3 is 2.71 bits per heavy atom. The SMILES string of the molecule is CS(=O)(=O)c1cccc2c1nc(CCl)n2C1CCOCC1. The number of hydrogen-bond acceptors (Lipinski definition) is 4. The minimum atomic E-state index is -3.32. The minimum Gasteiger partial charge on any atom is -0.381 e. The molecule has 1 aliphatic heterocycles. The van der Waals surface area contributed by atoms with Gasteiger partial charge in [0.1, 0.15) is 11.3 Å². The molecule has 0 aliphatic carbocycles. The number of fused-ring (bicyclic) bond motifs is 1. The van der Waals surface area contributed by atoms with Crippen LogP contribution in [0.1, 0.15) is 24.7 Å². The molecule has 1 fully saturated rings. The van der Waals surface area contributed by atoms with E-state index in [2.05, 4.69) is 9.55 Å². The lowest BCUT2D eigenvalue weighted by atomic mass is 10.1. The van der Waals surface area contributed by atoms with Crippen molar-refractivity contribution in [1.82, 2.24) is 9.55 Å². The Morgan fingerprint density at radius 1 is 1.38 bits per heavy atom. The molecule has 3 rings (SSSR count). The predicted molar refractivity (Wildman–Crippen MR) is 81.5 cm³/mol. The summed E-state index contributed by atoms with van der Waals surface area (Å²) in [4.78, 5) is 4.75. The van der Waals surface area contributed by atoms with Gasteiger partial charge in [-0.15, -0.1) is 11.6 Å². The van der Waals surface area contributed by atoms with E-state index in [1.807, 2.05) is 6.07 Å². The van der Waals surface area contributed by atoms with Crippen molar-refractivity contribution in [2.75, 3.05) is 19.5 Å². The van der Waals surface area contributed by atoms with Gasteiger partial charge in [-0.05, 0) is 25.0 Å². The maximum Gasteiger partial charge on any atom is 0.177 e. The normalized spacial score (nSPS) is 17.4. The first-order valence-corrected chi connectivity index (χ1v) is 9.28. The molecule has 1 aromatic heterocycles. The maximum atomic E-state index is 11.9. The summed E-state index contributed by atoms with van der Waals surface area (Å²) >= 11 is 6.03. The molecule has 0 spiro atoms. The summed E-state index contributed by atoms with van der Waals surface area (Å²) in [6.07, 6.45) is 2.98. The summed E-state index contributed by atoms with van der Waals surface area (Å²) in [5, 5.41) is 0. The average Bonchev–Trinajstić information content (AvgIpc) is 2.85. The van der Waals surface area contributed by atoms with E-state index in [0.29, 0.717) is 18.7 Å². The fourth-order valence-corrected chi connectivity index (χ4v) is 3.90. The van der Waals surface area contributed by atoms with E-state index in [4.69, 9.17) is 16.3 Å². The van der Waals surface area contributed by atoms with Crippen molar-refractivity contribution in [2.45, 2.75) is 29.7 Å². The molecule has 0 unspecified atom stereocenters. The third kappa shape index (κ3) is 2.67. The van der Waals surface area contributed by atoms with Gasteiger partial charge in [0.2, 0.25) is 0 Å². The Hall–Kier alpha value is -1.11. The lowest BCUT2D eigenvalue weighted by molar-refractivity contribution is 0.0700. The molecule has 1 aliphatic rings. The predicted octanol–water partition coefficient (Wildman–Crippen LogP) is 2.53. The summed E-state index contributed by atoms with van der Waals surface area (Å²) in [6, 6.07) is 5.51. The number of rotatable bonds is 3. The van der Waals surface area contributed by atoms with Crippen molar-refractivity contribution in [1.29, 1.82) is 0 Å². The topological polar surface area (TPSA) is 61.2 Å². The highest BCUT2D eigenvalue weighted by Gasteiger charge is 2.24. The van der Waals surface area contributed by atoms with Gasteiger partial charge in [-0.3, -0.25) is 0 Å². The molecule has 2 heterocycles. The van der Waals surface area contributed by atoms with E-state index in [1.54, 1.807) is 12.1 Å². The van der Waals surface area contributed by atoms with Crippen molar-refractivity contribution in [2.24, 2.45) is 0 Å². The Morgan fingerprint density at radius 2 is 2.10 bits per heavy atom. The van der Waals surface area contributed by atoms with Crippen LogP contribution in [-0.2, 0) is 20.5 Å². The Bertz CT molecular complexity index is 764. The number of imidazole rings is 1. The van der Waals surface area contributed by atoms with Crippen LogP contribution in [0, 0.1) is 0 Å². The van der Waals surface area contributed by atoms with E-state index in [-0.39, 0.29) is 16.8 Å². The molecule has 0 bridgehead atoms. The number of para-hydroxylation sites is 1. The molecule has 0 saturated carbocycles. The van der Waals surface area contributed by atoms with Crippen LogP contribution in [0.5, 0.6) is 0 Å². The number of ether oxygens (including phenoxy) is 1. The lowest BCUT2D eigenvalue weighted by Crippen LogP contribution is -2.20. The summed E-state index contributed by atoms with van der Waals surface area (Å²) in [6.45, 7) is 1.41. The van der Waals surface area contributed by atoms with E-state index in [0.717, 1.165) is 24.2 Å². The Kier molecular flexibility index (Phi) is 3.94. The largest absolute Gasteiger partial charge is 0.381 e. The smallest absolute Gasteiger partial charge is 0.177 e. The second kappa shape index (κ2) is 5.59. The first-order chi connectivity index (χ1) is 10.0. The number of halogens is 1. The number of sulfone groups is 1. The van der Waals surface area contributed by atoms with Crippen molar-refractivity contribution < 1.29 is 13.2 Å². The van der Waals surface area contributed by atoms with Crippen molar-refractivity contribution in [3.63, 3.8) is 0 Å². The van der Waals surface area contributed by atoms with Crippen molar-refractivity contribution >= 4 is 32.5 Å². The molecule has 7 heteroatoms. The molecule has 21 heavy (non-hydrogen) atoms. The quantitative estimate of drug-likeness (QED) is 0.812. The van der Waals surface area contributed by atoms with Gasteiger partial charge in [-0.25, -0.2) is 13.4 Å². The van der Waals surface area contributed by atoms with Crippen LogP contribution in [-0.4, -0.2) is 37.4 Å². The van der Waals surface area contributed by atoms with Crippen LogP contribution < -0.4 is 0 Å². The number of aromatic nitrogens is 2. The van der Waals surface area contributed by atoms with E-state index < -0.39 is 9.84 Å². The third-order valence-electron chi connectivity index (χ3n) is 3.83. The zero-order valence-electron chi connectivity index (χ0n) is 11.8. The van der Waals surface area contributed by atoms with Gasteiger partial charge in [0.25, 0.3) is 0 Å². The van der Waals surface area contributed by atoms with Crippen molar-refractivity contribution in [3.05, 3.63) is 24.0 Å². The number of nitrogens with zero attached hydrogens (tertiary/aromatic N) is 2. The highest BCUT2D eigenvalue weighted by Crippen LogP contribution is 2.31. The third-order valence-corrected chi connectivity index (χ3v) is 5.20. The first-order valence-electron chi connectivity index (χ1n) is 6.86. The summed E-state index contributed by atoms with van der Waals surface area (Å²) in [7, 11) is -3.32. The van der Waals surface area contributed by atoms with E-state index in [9.17, 15) is 8.42 Å². The molecule has 0 N–H and O–H groups in total. The highest BCUT2D eigenvalue weighted by atomic mass is 35.5. The fraction of sp³-hybridized carbons (Fsp3) is 0.500. The van der Waals surface area contributed by atoms with Crippen molar-refractivity contribution in [3.8, 4) is 0 Å². The molecule has 114 valence electrons. The Labute approximate surface area is 128 Å². The summed E-state index contributed by atoms with van der Waals surface area (Å²) < 4.78 is 31.3. The monoisotopic (exact) mass is 328 g/mol. The second-order valence-electron chi connectivity index (χ2n) is 5.27. The number of hydrogen-bond donors (Lipinski definition) is 0. The van der Waals surface area contributed by atoms with Gasteiger partial charge >= 0.3 is 0 Å². The van der Waals surface area contributed by atoms with Crippen LogP contribution in [0.15, 0.2) is 23.1 Å². The average molecular weight is 329 g/mol. The molecular formula is C14H17ClN2O3S. The highest BCUT2D eigenvalue weighted by molar-refractivity contribution is 7.91. The van der Waals surface area contributed by atoms with Gasteiger partial charge in [0.15, 0.2) is 9.84 Å². The standard InChI is InChI=1S/C14H17ClN2O3S/c1-21(18,19)12-4-2-3-11-14(12)16-13(9-15)17(11)10-5-7-20-8-6-10/h2-4,10H,5-9H2,1H3. The summed E-state index contributed by atoms with van der Waals surface area (Å²) in [5.74, 6) is 0.976. The van der Waals surface area contributed by atoms with E-state index in [1.165, 1.54) is 6.26 Å². The molecular weight excluding hydrogens is 312 g/mol. The van der Waals surface area contributed by atoms with Gasteiger partial charge in [0, 0.05) is 25.5 Å². The molecule has 0 radical (unpaired) electrons. The van der Waals surface area contributed by atoms with Crippen LogP contribution in [0.3, 0.4) is 0 Å². The second-order valence-corrected chi connectivity index (χ2v) is 7.52. The van der Waals surface area contributed by atoms with Gasteiger partial charge in [-0.2, -0.15) is 0 Å². The molecule has 5 nitrogen and oxygen atoms in total. The Balaban J connectivity index is 2.24. The first kappa shape index (κ1) is 14.8. The molecule has 2 aromatic rings. The van der Waals surface area contributed by atoms with Gasteiger partial charge in [0.05, 0.1) is 16.3 Å². The zero-order chi connectivity index (χ0) is 15.0. The number of alkyl halides is 1. The fourth-order valence-electron chi connectivity index (χ4n) is 2.88. The maximum absolute atomic E-state index is 11.9.